The number of hydrogen-bond donors (Lipinski definition) is 0. The first kappa shape index (κ1) is 21.0. The first-order valence-corrected chi connectivity index (χ1v) is 10.3. The highest BCUT2D eigenvalue weighted by Gasteiger charge is 2.36. The summed E-state index contributed by atoms with van der Waals surface area (Å²) < 4.78 is 47.4. The van der Waals surface area contributed by atoms with Gasteiger partial charge in [-0.3, -0.25) is 4.79 Å². The second kappa shape index (κ2) is 7.91. The fourth-order valence-electron chi connectivity index (χ4n) is 4.03. The number of carbonyl (C=O) groups excluding carboxylic acids is 1. The number of rotatable bonds is 3. The summed E-state index contributed by atoms with van der Waals surface area (Å²) in [6.07, 6.45) is 5.63. The predicted octanol–water partition coefficient (Wildman–Crippen LogP) is 5.04. The molecule has 168 valence electrons. The predicted molar refractivity (Wildman–Crippen MR) is 116 cm³/mol. The summed E-state index contributed by atoms with van der Waals surface area (Å²) in [7, 11) is 1.50. The molecule has 5 rings (SSSR count). The van der Waals surface area contributed by atoms with Gasteiger partial charge < -0.3 is 9.64 Å². The van der Waals surface area contributed by atoms with Crippen LogP contribution in [0.4, 0.5) is 13.2 Å². The zero-order valence-corrected chi connectivity index (χ0v) is 17.6. The maximum atomic E-state index is 13.9. The van der Waals surface area contributed by atoms with Crippen molar-refractivity contribution >= 4 is 11.6 Å². The van der Waals surface area contributed by atoms with E-state index in [-0.39, 0.29) is 16.9 Å². The number of allylic oxidation sites excluding steroid dienone is 4. The maximum Gasteiger partial charge on any atom is 0.433 e. The number of halogens is 3. The topological polar surface area (TPSA) is 59.7 Å². The summed E-state index contributed by atoms with van der Waals surface area (Å²) in [6, 6.07) is 7.45. The Morgan fingerprint density at radius 2 is 1.94 bits per heavy atom. The molecule has 0 N–H and O–H groups in total. The standard InChI is InChI=1S/C24H19F3N4O2/c1-33-18-8-6-16(7-9-18)20-12-21(24(25,26)27)31-22(29-20)19(13-28-31)23(32)30-11-10-15-4-2-3-5-17(15)14-30/h2-4,6-9,12-14H,5,10-11H2,1H3. The van der Waals surface area contributed by atoms with E-state index < -0.39 is 17.8 Å². The number of nitrogens with zero attached hydrogens (tertiary/aromatic N) is 4. The summed E-state index contributed by atoms with van der Waals surface area (Å²) in [5.41, 5.74) is 1.63. The Bertz CT molecular complexity index is 1330. The third-order valence-electron chi connectivity index (χ3n) is 5.76. The van der Waals surface area contributed by atoms with E-state index in [0.717, 1.165) is 17.8 Å². The van der Waals surface area contributed by atoms with Crippen molar-refractivity contribution in [1.82, 2.24) is 19.5 Å². The van der Waals surface area contributed by atoms with Crippen LogP contribution in [0.2, 0.25) is 0 Å². The summed E-state index contributed by atoms with van der Waals surface area (Å²) in [6.45, 7) is 0.434. The smallest absolute Gasteiger partial charge is 0.433 e. The number of amides is 1. The Morgan fingerprint density at radius 3 is 2.67 bits per heavy atom. The summed E-state index contributed by atoms with van der Waals surface area (Å²) in [5.74, 6) is 0.138. The van der Waals surface area contributed by atoms with Gasteiger partial charge in [-0.15, -0.1) is 0 Å². The van der Waals surface area contributed by atoms with Gasteiger partial charge in [0.25, 0.3) is 5.91 Å². The van der Waals surface area contributed by atoms with Crippen molar-refractivity contribution in [2.24, 2.45) is 0 Å². The van der Waals surface area contributed by atoms with Crippen LogP contribution in [0.25, 0.3) is 16.9 Å². The van der Waals surface area contributed by atoms with Crippen LogP contribution in [0.15, 0.2) is 72.1 Å². The third kappa shape index (κ3) is 3.79. The Hall–Kier alpha value is -3.88. The van der Waals surface area contributed by atoms with E-state index in [0.29, 0.717) is 35.2 Å². The monoisotopic (exact) mass is 452 g/mol. The van der Waals surface area contributed by atoms with Gasteiger partial charge in [-0.2, -0.15) is 18.3 Å². The van der Waals surface area contributed by atoms with Crippen molar-refractivity contribution in [2.75, 3.05) is 13.7 Å². The lowest BCUT2D eigenvalue weighted by Gasteiger charge is -2.27. The first-order valence-electron chi connectivity index (χ1n) is 10.3. The summed E-state index contributed by atoms with van der Waals surface area (Å²) in [5, 5.41) is 3.87. The second-order valence-electron chi connectivity index (χ2n) is 7.77. The maximum absolute atomic E-state index is 13.9. The molecule has 3 heterocycles. The van der Waals surface area contributed by atoms with Crippen LogP contribution in [-0.2, 0) is 6.18 Å². The number of methoxy groups -OCH3 is 1. The van der Waals surface area contributed by atoms with Gasteiger partial charge in [0.15, 0.2) is 11.3 Å². The van der Waals surface area contributed by atoms with Crippen molar-refractivity contribution in [3.63, 3.8) is 0 Å². The molecular formula is C24H19F3N4O2. The zero-order valence-electron chi connectivity index (χ0n) is 17.6. The molecule has 2 aromatic heterocycles. The fourth-order valence-corrected chi connectivity index (χ4v) is 4.03. The highest BCUT2D eigenvalue weighted by Crippen LogP contribution is 2.34. The average Bonchev–Trinajstić information content (AvgIpc) is 3.26. The summed E-state index contributed by atoms with van der Waals surface area (Å²) >= 11 is 0. The number of benzene rings is 1. The van der Waals surface area contributed by atoms with E-state index in [9.17, 15) is 18.0 Å². The largest absolute Gasteiger partial charge is 0.497 e. The minimum Gasteiger partial charge on any atom is -0.497 e. The SMILES string of the molecule is COc1ccc(-c2cc(C(F)(F)F)n3ncc(C(=O)N4C=C5CC=CC=C5CC4)c3n2)cc1. The van der Waals surface area contributed by atoms with Crippen LogP contribution in [-0.4, -0.2) is 39.1 Å². The number of alkyl halides is 3. The first-order chi connectivity index (χ1) is 15.8. The molecule has 0 atom stereocenters. The highest BCUT2D eigenvalue weighted by atomic mass is 19.4. The molecule has 0 bridgehead atoms. The Kier molecular flexibility index (Phi) is 5.03. The molecule has 0 spiro atoms. The molecule has 0 unspecified atom stereocenters. The van der Waals surface area contributed by atoms with Crippen LogP contribution in [0, 0.1) is 0 Å². The molecule has 6 nitrogen and oxygen atoms in total. The molecule has 3 aromatic rings. The molecule has 33 heavy (non-hydrogen) atoms. The van der Waals surface area contributed by atoms with Gasteiger partial charge in [-0.05, 0) is 54.3 Å². The van der Waals surface area contributed by atoms with Crippen LogP contribution < -0.4 is 4.74 Å². The Balaban J connectivity index is 1.61. The van der Waals surface area contributed by atoms with Gasteiger partial charge in [0.05, 0.1) is 19.0 Å². The van der Waals surface area contributed by atoms with Gasteiger partial charge in [0.2, 0.25) is 0 Å². The zero-order chi connectivity index (χ0) is 23.2. The molecule has 0 fully saturated rings. The number of aromatic nitrogens is 3. The Labute approximate surface area is 187 Å². The molecule has 1 aromatic carbocycles. The van der Waals surface area contributed by atoms with Crippen molar-refractivity contribution in [1.29, 1.82) is 0 Å². The normalized spacial score (nSPS) is 15.8. The lowest BCUT2D eigenvalue weighted by Crippen LogP contribution is -2.31. The van der Waals surface area contributed by atoms with Gasteiger partial charge in [-0.1, -0.05) is 18.2 Å². The number of carbonyl (C=O) groups is 1. The Morgan fingerprint density at radius 1 is 1.15 bits per heavy atom. The highest BCUT2D eigenvalue weighted by molar-refractivity contribution is 6.00. The van der Waals surface area contributed by atoms with Gasteiger partial charge in [0.1, 0.15) is 11.3 Å². The van der Waals surface area contributed by atoms with E-state index in [1.165, 1.54) is 17.6 Å². The molecule has 1 aliphatic heterocycles. The van der Waals surface area contributed by atoms with Crippen LogP contribution >= 0.6 is 0 Å². The van der Waals surface area contributed by atoms with Crippen molar-refractivity contribution in [3.8, 4) is 17.0 Å². The van der Waals surface area contributed by atoms with Crippen molar-refractivity contribution < 1.29 is 22.7 Å². The molecular weight excluding hydrogens is 433 g/mol. The minimum absolute atomic E-state index is 0.0199. The molecule has 0 saturated carbocycles. The average molecular weight is 452 g/mol. The number of fused-ring (bicyclic) bond motifs is 2. The molecule has 1 amide bonds. The van der Waals surface area contributed by atoms with Gasteiger partial charge >= 0.3 is 6.18 Å². The van der Waals surface area contributed by atoms with E-state index >= 15 is 0 Å². The van der Waals surface area contributed by atoms with Crippen LogP contribution in [0.5, 0.6) is 5.75 Å². The van der Waals surface area contributed by atoms with E-state index in [2.05, 4.69) is 10.1 Å². The fraction of sp³-hybridized carbons (Fsp3) is 0.208. The van der Waals surface area contributed by atoms with Gasteiger partial charge in [-0.25, -0.2) is 9.50 Å². The van der Waals surface area contributed by atoms with Gasteiger partial charge in [0, 0.05) is 18.3 Å². The minimum atomic E-state index is -4.68. The van der Waals surface area contributed by atoms with E-state index in [1.807, 2.05) is 18.2 Å². The molecule has 0 saturated heterocycles. The number of hydrogen-bond acceptors (Lipinski definition) is 4. The second-order valence-corrected chi connectivity index (χ2v) is 7.77. The molecule has 0 radical (unpaired) electrons. The molecule has 9 heteroatoms. The lowest BCUT2D eigenvalue weighted by molar-refractivity contribution is -0.142. The van der Waals surface area contributed by atoms with Crippen LogP contribution in [0.3, 0.4) is 0 Å². The summed E-state index contributed by atoms with van der Waals surface area (Å²) in [4.78, 5) is 19.2. The van der Waals surface area contributed by atoms with Crippen LogP contribution in [0.1, 0.15) is 28.9 Å². The van der Waals surface area contributed by atoms with Crippen molar-refractivity contribution in [3.05, 3.63) is 83.4 Å². The number of ether oxygens (including phenoxy) is 1. The third-order valence-corrected chi connectivity index (χ3v) is 5.76. The molecule has 1 aliphatic carbocycles. The van der Waals surface area contributed by atoms with E-state index in [1.54, 1.807) is 30.5 Å². The van der Waals surface area contributed by atoms with Crippen molar-refractivity contribution in [2.45, 2.75) is 19.0 Å². The van der Waals surface area contributed by atoms with E-state index in [4.69, 9.17) is 4.74 Å². The molecule has 2 aliphatic rings. The lowest BCUT2D eigenvalue weighted by atomic mass is 9.93. The quantitative estimate of drug-likeness (QED) is 0.559.